The molecule has 0 spiro atoms. The number of hydrogen-bond donors (Lipinski definition) is 1. The molecule has 0 bridgehead atoms. The topological polar surface area (TPSA) is 26.0 Å². The lowest BCUT2D eigenvalue weighted by Gasteiger charge is -2.67. The Balaban J connectivity index is 1.70. The van der Waals surface area contributed by atoms with Crippen LogP contribution in [0.15, 0.2) is 0 Å². The van der Waals surface area contributed by atoms with Crippen LogP contribution in [-0.2, 0) is 0 Å². The van der Waals surface area contributed by atoms with Gasteiger partial charge >= 0.3 is 0 Å². The van der Waals surface area contributed by atoms with Gasteiger partial charge in [0.1, 0.15) is 0 Å². The highest BCUT2D eigenvalue weighted by atomic mass is 14.7. The van der Waals surface area contributed by atoms with E-state index in [4.69, 9.17) is 5.73 Å². The average molecular weight is 346 g/mol. The van der Waals surface area contributed by atoms with Crippen LogP contribution in [0.5, 0.6) is 0 Å². The Kier molecular flexibility index (Phi) is 4.20. The molecule has 0 aromatic heterocycles. The van der Waals surface area contributed by atoms with Crippen molar-refractivity contribution in [2.24, 2.45) is 51.1 Å². The van der Waals surface area contributed by atoms with Crippen molar-refractivity contribution in [1.82, 2.24) is 0 Å². The monoisotopic (exact) mass is 345 g/mol. The molecule has 1 unspecified atom stereocenters. The molecule has 25 heavy (non-hydrogen) atoms. The van der Waals surface area contributed by atoms with Crippen LogP contribution in [0.4, 0.5) is 0 Å². The Morgan fingerprint density at radius 1 is 0.760 bits per heavy atom. The molecule has 4 rings (SSSR count). The quantitative estimate of drug-likeness (QED) is 0.614. The predicted octanol–water partition coefficient (Wildman–Crippen LogP) is 6.41. The maximum absolute atomic E-state index is 6.18. The van der Waals surface area contributed by atoms with E-state index < -0.39 is 0 Å². The second-order valence-corrected chi connectivity index (χ2v) is 11.6. The molecule has 2 N–H and O–H groups in total. The van der Waals surface area contributed by atoms with Gasteiger partial charge in [0.25, 0.3) is 0 Å². The number of nitrogens with two attached hydrogens (primary N) is 1. The van der Waals surface area contributed by atoms with Gasteiger partial charge in [-0.15, -0.1) is 0 Å². The van der Waals surface area contributed by atoms with Gasteiger partial charge in [-0.2, -0.15) is 0 Å². The smallest absolute Gasteiger partial charge is 0.00461 e. The number of fused-ring (bicyclic) bond motifs is 5. The second-order valence-electron chi connectivity index (χ2n) is 11.6. The molecule has 0 saturated heterocycles. The number of hydrogen-bond acceptors (Lipinski definition) is 1. The maximum Gasteiger partial charge on any atom is -0.00461 e. The van der Waals surface area contributed by atoms with Gasteiger partial charge in [0.2, 0.25) is 0 Å². The van der Waals surface area contributed by atoms with E-state index in [1.165, 1.54) is 64.2 Å². The highest BCUT2D eigenvalue weighted by molar-refractivity contribution is 5.16. The molecule has 0 aromatic carbocycles. The fourth-order valence-electron chi connectivity index (χ4n) is 9.05. The van der Waals surface area contributed by atoms with Crippen molar-refractivity contribution in [3.05, 3.63) is 0 Å². The molecule has 0 heterocycles. The standard InChI is InChI=1S/C24H43N/c1-17(16-25)21(2)13-11-20-19-10-9-18-8-6-7-12-22(18,3)24(19,5)15-14-23(20,21)4/h17-20H,6-16,25H2,1-5H3/t17-,18+,19+,20?,21-,22+,23+,24+/m1/s1. The van der Waals surface area contributed by atoms with Crippen LogP contribution in [-0.4, -0.2) is 6.54 Å². The summed E-state index contributed by atoms with van der Waals surface area (Å²) >= 11 is 0. The normalized spacial score (nSPS) is 56.6. The highest BCUT2D eigenvalue weighted by Crippen LogP contribution is 2.75. The summed E-state index contributed by atoms with van der Waals surface area (Å²) in [6.07, 6.45) is 14.9. The van der Waals surface area contributed by atoms with Crippen molar-refractivity contribution in [2.45, 2.75) is 98.8 Å². The average Bonchev–Trinajstić information content (AvgIpc) is 2.87. The molecular formula is C24H43N. The fraction of sp³-hybridized carbons (Fsp3) is 1.00. The molecule has 0 amide bonds. The summed E-state index contributed by atoms with van der Waals surface area (Å²) in [6.45, 7) is 14.0. The van der Waals surface area contributed by atoms with Crippen molar-refractivity contribution in [2.75, 3.05) is 6.54 Å². The molecule has 144 valence electrons. The third-order valence-electron chi connectivity index (χ3n) is 11.5. The summed E-state index contributed by atoms with van der Waals surface area (Å²) in [5, 5.41) is 0. The molecule has 0 aromatic rings. The largest absolute Gasteiger partial charge is 0.330 e. The van der Waals surface area contributed by atoms with Crippen molar-refractivity contribution < 1.29 is 0 Å². The van der Waals surface area contributed by atoms with Crippen LogP contribution in [0.25, 0.3) is 0 Å². The van der Waals surface area contributed by atoms with Gasteiger partial charge < -0.3 is 5.73 Å². The van der Waals surface area contributed by atoms with Gasteiger partial charge in [-0.05, 0) is 103 Å². The van der Waals surface area contributed by atoms with Crippen LogP contribution >= 0.6 is 0 Å². The van der Waals surface area contributed by atoms with E-state index in [0.29, 0.717) is 27.6 Å². The molecule has 4 fully saturated rings. The summed E-state index contributed by atoms with van der Waals surface area (Å²) in [5.74, 6) is 3.60. The molecule has 4 saturated carbocycles. The lowest BCUT2D eigenvalue weighted by Crippen LogP contribution is -2.60. The van der Waals surface area contributed by atoms with Crippen molar-refractivity contribution in [3.63, 3.8) is 0 Å². The Morgan fingerprint density at radius 3 is 2.16 bits per heavy atom. The predicted molar refractivity (Wildman–Crippen MR) is 107 cm³/mol. The lowest BCUT2D eigenvalue weighted by atomic mass is 9.37. The first-order chi connectivity index (χ1) is 11.7. The van der Waals surface area contributed by atoms with Gasteiger partial charge in [-0.3, -0.25) is 0 Å². The van der Waals surface area contributed by atoms with Crippen molar-refractivity contribution in [1.29, 1.82) is 0 Å². The van der Waals surface area contributed by atoms with Crippen molar-refractivity contribution in [3.8, 4) is 0 Å². The summed E-state index contributed by atoms with van der Waals surface area (Å²) < 4.78 is 0. The van der Waals surface area contributed by atoms with E-state index >= 15 is 0 Å². The molecule has 8 atom stereocenters. The zero-order valence-corrected chi connectivity index (χ0v) is 17.7. The third-order valence-corrected chi connectivity index (χ3v) is 11.5. The minimum absolute atomic E-state index is 0.456. The molecule has 1 heteroatoms. The van der Waals surface area contributed by atoms with Crippen LogP contribution < -0.4 is 5.73 Å². The summed E-state index contributed by atoms with van der Waals surface area (Å²) in [6, 6.07) is 0. The first-order valence-electron chi connectivity index (χ1n) is 11.4. The lowest BCUT2D eigenvalue weighted by molar-refractivity contribution is -0.185. The molecule has 4 aliphatic rings. The van der Waals surface area contributed by atoms with Crippen LogP contribution in [0.1, 0.15) is 98.8 Å². The minimum Gasteiger partial charge on any atom is -0.330 e. The van der Waals surface area contributed by atoms with Gasteiger partial charge in [-0.1, -0.05) is 47.5 Å². The summed E-state index contributed by atoms with van der Waals surface area (Å²) in [7, 11) is 0. The zero-order chi connectivity index (χ0) is 18.1. The van der Waals surface area contributed by atoms with E-state index in [1.807, 2.05) is 0 Å². The van der Waals surface area contributed by atoms with E-state index in [0.717, 1.165) is 24.3 Å². The van der Waals surface area contributed by atoms with E-state index in [2.05, 4.69) is 34.6 Å². The van der Waals surface area contributed by atoms with Gasteiger partial charge in [0.15, 0.2) is 0 Å². The molecule has 0 radical (unpaired) electrons. The maximum atomic E-state index is 6.18. The van der Waals surface area contributed by atoms with Crippen LogP contribution in [0, 0.1) is 45.3 Å². The molecule has 1 nitrogen and oxygen atoms in total. The summed E-state index contributed by atoms with van der Waals surface area (Å²) in [5.41, 5.74) is 8.38. The minimum atomic E-state index is 0.456. The Labute approximate surface area is 156 Å². The molecule has 0 aliphatic heterocycles. The van der Waals surface area contributed by atoms with Crippen LogP contribution in [0.2, 0.25) is 0 Å². The van der Waals surface area contributed by atoms with Crippen LogP contribution in [0.3, 0.4) is 0 Å². The first-order valence-corrected chi connectivity index (χ1v) is 11.4. The molecular weight excluding hydrogens is 302 g/mol. The van der Waals surface area contributed by atoms with Gasteiger partial charge in [0, 0.05) is 0 Å². The Bertz CT molecular complexity index is 528. The first kappa shape index (κ1) is 18.3. The number of rotatable bonds is 2. The summed E-state index contributed by atoms with van der Waals surface area (Å²) in [4.78, 5) is 0. The Hall–Kier alpha value is -0.0400. The molecule has 4 aliphatic carbocycles. The van der Waals surface area contributed by atoms with E-state index in [9.17, 15) is 0 Å². The van der Waals surface area contributed by atoms with E-state index in [-0.39, 0.29) is 0 Å². The van der Waals surface area contributed by atoms with Gasteiger partial charge in [0.05, 0.1) is 0 Å². The van der Waals surface area contributed by atoms with E-state index in [1.54, 1.807) is 0 Å². The highest BCUT2D eigenvalue weighted by Gasteiger charge is 2.67. The fourth-order valence-corrected chi connectivity index (χ4v) is 9.05. The second kappa shape index (κ2) is 5.73. The SMILES string of the molecule is C[C@H](CN)[C@@]1(C)CCC2[C@@H]3CC[C@@H]4CCCC[C@]4(C)[C@@]3(C)CC[C@@]21C. The van der Waals surface area contributed by atoms with Crippen molar-refractivity contribution >= 4 is 0 Å². The Morgan fingerprint density at radius 2 is 1.44 bits per heavy atom. The van der Waals surface area contributed by atoms with Gasteiger partial charge in [-0.25, -0.2) is 0 Å². The third kappa shape index (κ3) is 2.11. The zero-order valence-electron chi connectivity index (χ0n) is 17.7.